The largest absolute Gasteiger partial charge is 0.294 e. The first-order valence-corrected chi connectivity index (χ1v) is 8.94. The van der Waals surface area contributed by atoms with Gasteiger partial charge in [0.05, 0.1) is 0 Å². The highest BCUT2D eigenvalue weighted by Gasteiger charge is 2.51. The minimum Gasteiger partial charge on any atom is -0.294 e. The molecular formula is C23H22O2. The first-order chi connectivity index (χ1) is 12.0. The van der Waals surface area contributed by atoms with E-state index in [0.717, 1.165) is 28.7 Å². The molecule has 0 amide bonds. The minimum atomic E-state index is -0.230. The molecule has 4 rings (SSSR count). The van der Waals surface area contributed by atoms with E-state index in [2.05, 4.69) is 12.2 Å². The molecule has 2 heteroatoms. The summed E-state index contributed by atoms with van der Waals surface area (Å²) in [7, 11) is 0. The second kappa shape index (κ2) is 6.11. The van der Waals surface area contributed by atoms with E-state index in [4.69, 9.17) is 0 Å². The lowest BCUT2D eigenvalue weighted by molar-refractivity contribution is 0.0752. The third-order valence-corrected chi connectivity index (χ3v) is 5.74. The molecule has 1 fully saturated rings. The maximum Gasteiger partial charge on any atom is 0.167 e. The van der Waals surface area contributed by atoms with E-state index in [1.165, 1.54) is 0 Å². The molecule has 0 aromatic heterocycles. The quantitative estimate of drug-likeness (QED) is 0.595. The van der Waals surface area contributed by atoms with Crippen LogP contribution in [-0.4, -0.2) is 11.6 Å². The molecule has 2 bridgehead atoms. The Morgan fingerprint density at radius 3 is 1.40 bits per heavy atom. The first kappa shape index (κ1) is 16.0. The maximum atomic E-state index is 13.2. The monoisotopic (exact) mass is 330 g/mol. The molecule has 0 radical (unpaired) electrons. The number of aryl methyl sites for hydroxylation is 2. The number of carbonyl (C=O) groups is 2. The fourth-order valence-electron chi connectivity index (χ4n) is 4.36. The lowest BCUT2D eigenvalue weighted by Gasteiger charge is -2.26. The van der Waals surface area contributed by atoms with Crippen molar-refractivity contribution >= 4 is 11.6 Å². The Morgan fingerprint density at radius 1 is 0.680 bits per heavy atom. The summed E-state index contributed by atoms with van der Waals surface area (Å²) in [4.78, 5) is 26.3. The van der Waals surface area contributed by atoms with Crippen molar-refractivity contribution in [2.75, 3.05) is 0 Å². The molecule has 2 aliphatic carbocycles. The fourth-order valence-corrected chi connectivity index (χ4v) is 4.36. The Morgan fingerprint density at radius 2 is 1.04 bits per heavy atom. The van der Waals surface area contributed by atoms with Crippen molar-refractivity contribution in [2.24, 2.45) is 23.7 Å². The van der Waals surface area contributed by atoms with E-state index in [1.54, 1.807) is 0 Å². The predicted octanol–water partition coefficient (Wildman–Crippen LogP) is 4.81. The van der Waals surface area contributed by atoms with E-state index in [-0.39, 0.29) is 35.2 Å². The van der Waals surface area contributed by atoms with Gasteiger partial charge in [0.1, 0.15) is 0 Å². The normalized spacial score (nSPS) is 26.8. The molecule has 4 atom stereocenters. The van der Waals surface area contributed by atoms with E-state index in [0.29, 0.717) is 0 Å². The van der Waals surface area contributed by atoms with Crippen LogP contribution in [0.3, 0.4) is 0 Å². The molecule has 2 nitrogen and oxygen atoms in total. The molecule has 0 spiro atoms. The average molecular weight is 330 g/mol. The van der Waals surface area contributed by atoms with Crippen molar-refractivity contribution in [1.82, 2.24) is 0 Å². The summed E-state index contributed by atoms with van der Waals surface area (Å²) in [5.74, 6) is 0.152. The summed E-state index contributed by atoms with van der Waals surface area (Å²) in [6.45, 7) is 4.02. The van der Waals surface area contributed by atoms with E-state index >= 15 is 0 Å². The second-order valence-electron chi connectivity index (χ2n) is 7.46. The third kappa shape index (κ3) is 2.76. The molecule has 0 aliphatic heterocycles. The van der Waals surface area contributed by atoms with Crippen LogP contribution >= 0.6 is 0 Å². The molecule has 0 saturated heterocycles. The standard InChI is InChI=1S/C23H22O2/c1-14-3-7-16(8-4-14)22(24)20-18-11-12-19(13-18)21(20)23(25)17-9-5-15(2)6-10-17/h3-12,18-21H,13H2,1-2H3/t18-,19+,20-,21-/m1/s1. The highest BCUT2D eigenvalue weighted by Crippen LogP contribution is 2.50. The summed E-state index contributed by atoms with van der Waals surface area (Å²) in [6.07, 6.45) is 5.20. The number of fused-ring (bicyclic) bond motifs is 2. The molecule has 2 aliphatic rings. The van der Waals surface area contributed by atoms with Gasteiger partial charge in [-0.1, -0.05) is 71.8 Å². The van der Waals surface area contributed by atoms with Crippen LogP contribution in [0.2, 0.25) is 0 Å². The highest BCUT2D eigenvalue weighted by molar-refractivity contribution is 6.06. The SMILES string of the molecule is Cc1ccc(C(=O)[C@H]2[C@H](C(=O)c3ccc(C)cc3)[C@H]3C=C[C@@H]2C3)cc1. The lowest BCUT2D eigenvalue weighted by atomic mass is 9.75. The van der Waals surface area contributed by atoms with Gasteiger partial charge in [0.2, 0.25) is 0 Å². The van der Waals surface area contributed by atoms with Crippen molar-refractivity contribution in [3.05, 3.63) is 82.9 Å². The van der Waals surface area contributed by atoms with Crippen LogP contribution in [0.1, 0.15) is 38.3 Å². The molecule has 126 valence electrons. The Bertz CT molecular complexity index is 771. The topological polar surface area (TPSA) is 34.1 Å². The van der Waals surface area contributed by atoms with Crippen LogP contribution in [0, 0.1) is 37.5 Å². The second-order valence-corrected chi connectivity index (χ2v) is 7.46. The van der Waals surface area contributed by atoms with E-state index in [1.807, 2.05) is 62.4 Å². The number of Topliss-reactive ketones (excluding diaryl/α,β-unsaturated/α-hetero) is 2. The number of hydrogen-bond donors (Lipinski definition) is 0. The Hall–Kier alpha value is -2.48. The number of hydrogen-bond acceptors (Lipinski definition) is 2. The Balaban J connectivity index is 1.67. The first-order valence-electron chi connectivity index (χ1n) is 8.94. The van der Waals surface area contributed by atoms with Gasteiger partial charge < -0.3 is 0 Å². The highest BCUT2D eigenvalue weighted by atomic mass is 16.1. The van der Waals surface area contributed by atoms with E-state index in [9.17, 15) is 9.59 Å². The summed E-state index contributed by atoms with van der Waals surface area (Å²) in [5, 5.41) is 0. The van der Waals surface area contributed by atoms with Gasteiger partial charge in [-0.05, 0) is 32.1 Å². The molecule has 1 saturated carbocycles. The molecule has 0 heterocycles. The number of allylic oxidation sites excluding steroid dienone is 2. The molecule has 2 aromatic carbocycles. The van der Waals surface area contributed by atoms with Crippen molar-refractivity contribution in [2.45, 2.75) is 20.3 Å². The summed E-state index contributed by atoms with van der Waals surface area (Å²) < 4.78 is 0. The van der Waals surface area contributed by atoms with Crippen LogP contribution < -0.4 is 0 Å². The van der Waals surface area contributed by atoms with Gasteiger partial charge in [-0.15, -0.1) is 0 Å². The number of ketones is 2. The molecular weight excluding hydrogens is 308 g/mol. The Kier molecular flexibility index (Phi) is 3.91. The maximum absolute atomic E-state index is 13.2. The van der Waals surface area contributed by atoms with E-state index < -0.39 is 0 Å². The summed E-state index contributed by atoms with van der Waals surface area (Å²) in [6, 6.07) is 15.4. The van der Waals surface area contributed by atoms with Gasteiger partial charge in [-0.3, -0.25) is 9.59 Å². The van der Waals surface area contributed by atoms with Crippen LogP contribution in [0.25, 0.3) is 0 Å². The van der Waals surface area contributed by atoms with Gasteiger partial charge in [0.15, 0.2) is 11.6 Å². The number of benzene rings is 2. The minimum absolute atomic E-state index is 0.113. The molecule has 25 heavy (non-hydrogen) atoms. The average Bonchev–Trinajstić information content (AvgIpc) is 3.23. The zero-order valence-corrected chi connectivity index (χ0v) is 14.6. The van der Waals surface area contributed by atoms with Gasteiger partial charge in [0, 0.05) is 23.0 Å². The van der Waals surface area contributed by atoms with Crippen molar-refractivity contribution in [1.29, 1.82) is 0 Å². The van der Waals surface area contributed by atoms with Crippen LogP contribution in [0.5, 0.6) is 0 Å². The third-order valence-electron chi connectivity index (χ3n) is 5.74. The van der Waals surface area contributed by atoms with Gasteiger partial charge in [-0.2, -0.15) is 0 Å². The molecule has 2 aromatic rings. The summed E-state index contributed by atoms with van der Waals surface area (Å²) in [5.41, 5.74) is 3.71. The zero-order chi connectivity index (χ0) is 17.6. The van der Waals surface area contributed by atoms with Crippen molar-refractivity contribution in [3.8, 4) is 0 Å². The lowest BCUT2D eigenvalue weighted by Crippen LogP contribution is -2.33. The van der Waals surface area contributed by atoms with Gasteiger partial charge in [-0.25, -0.2) is 0 Å². The van der Waals surface area contributed by atoms with Crippen LogP contribution in [0.15, 0.2) is 60.7 Å². The summed E-state index contributed by atoms with van der Waals surface area (Å²) >= 11 is 0. The van der Waals surface area contributed by atoms with Gasteiger partial charge in [0.25, 0.3) is 0 Å². The molecule has 0 N–H and O–H groups in total. The van der Waals surface area contributed by atoms with Crippen LogP contribution in [0.4, 0.5) is 0 Å². The van der Waals surface area contributed by atoms with Crippen LogP contribution in [-0.2, 0) is 0 Å². The number of carbonyl (C=O) groups excluding carboxylic acids is 2. The van der Waals surface area contributed by atoms with Crippen molar-refractivity contribution in [3.63, 3.8) is 0 Å². The Labute approximate surface area is 148 Å². The zero-order valence-electron chi connectivity index (χ0n) is 14.6. The fraction of sp³-hybridized carbons (Fsp3) is 0.304. The van der Waals surface area contributed by atoms with Gasteiger partial charge >= 0.3 is 0 Å². The number of rotatable bonds is 4. The van der Waals surface area contributed by atoms with Crippen molar-refractivity contribution < 1.29 is 9.59 Å². The smallest absolute Gasteiger partial charge is 0.167 e. The predicted molar refractivity (Wildman–Crippen MR) is 98.7 cm³/mol. The molecule has 0 unspecified atom stereocenters.